The first-order chi connectivity index (χ1) is 6.08. The second-order valence-electron chi connectivity index (χ2n) is 5.18. The SMILES string of the molecule is CN1CC(C)(C)SC2CCCCC21. The smallest absolute Gasteiger partial charge is 0.0234 e. The Balaban J connectivity index is 2.07. The largest absolute Gasteiger partial charge is 0.301 e. The lowest BCUT2D eigenvalue weighted by molar-refractivity contribution is 0.173. The fourth-order valence-electron chi connectivity index (χ4n) is 2.88. The summed E-state index contributed by atoms with van der Waals surface area (Å²) in [7, 11) is 2.31. The molecular formula is C11H21NS. The highest BCUT2D eigenvalue weighted by Gasteiger charge is 2.39. The maximum absolute atomic E-state index is 2.60. The molecule has 0 spiro atoms. The van der Waals surface area contributed by atoms with E-state index >= 15 is 0 Å². The summed E-state index contributed by atoms with van der Waals surface area (Å²) in [6.45, 7) is 6.04. The van der Waals surface area contributed by atoms with E-state index < -0.39 is 0 Å². The topological polar surface area (TPSA) is 3.24 Å². The zero-order chi connectivity index (χ0) is 9.47. The number of hydrogen-bond acceptors (Lipinski definition) is 2. The first kappa shape index (κ1) is 9.85. The van der Waals surface area contributed by atoms with Gasteiger partial charge in [-0.2, -0.15) is 0 Å². The van der Waals surface area contributed by atoms with Crippen molar-refractivity contribution in [1.29, 1.82) is 0 Å². The van der Waals surface area contributed by atoms with Gasteiger partial charge in [0.25, 0.3) is 0 Å². The van der Waals surface area contributed by atoms with Crippen molar-refractivity contribution in [2.45, 2.75) is 55.6 Å². The molecule has 0 aromatic rings. The Kier molecular flexibility index (Phi) is 2.63. The van der Waals surface area contributed by atoms with Gasteiger partial charge in [-0.05, 0) is 33.7 Å². The fraction of sp³-hybridized carbons (Fsp3) is 1.00. The average molecular weight is 199 g/mol. The Labute approximate surface area is 86.3 Å². The minimum Gasteiger partial charge on any atom is -0.301 e. The number of thioether (sulfide) groups is 1. The summed E-state index contributed by atoms with van der Waals surface area (Å²) in [6.07, 6.45) is 5.79. The van der Waals surface area contributed by atoms with Crippen LogP contribution in [-0.4, -0.2) is 34.5 Å². The third kappa shape index (κ3) is 2.04. The van der Waals surface area contributed by atoms with Crippen LogP contribution < -0.4 is 0 Å². The second kappa shape index (κ2) is 3.47. The highest BCUT2D eigenvalue weighted by atomic mass is 32.2. The number of nitrogens with zero attached hydrogens (tertiary/aromatic N) is 1. The molecule has 0 aromatic heterocycles. The van der Waals surface area contributed by atoms with Gasteiger partial charge in [-0.25, -0.2) is 0 Å². The number of hydrogen-bond donors (Lipinski definition) is 0. The third-order valence-electron chi connectivity index (χ3n) is 3.33. The monoisotopic (exact) mass is 199 g/mol. The van der Waals surface area contributed by atoms with Gasteiger partial charge in [0.1, 0.15) is 0 Å². The van der Waals surface area contributed by atoms with Crippen LogP contribution in [0.4, 0.5) is 0 Å². The molecule has 2 aliphatic rings. The van der Waals surface area contributed by atoms with Gasteiger partial charge in [-0.1, -0.05) is 12.8 Å². The maximum atomic E-state index is 2.60. The molecule has 0 aromatic carbocycles. The normalized spacial score (nSPS) is 39.9. The lowest BCUT2D eigenvalue weighted by Crippen LogP contribution is -2.53. The first-order valence-electron chi connectivity index (χ1n) is 5.46. The Bertz CT molecular complexity index is 191. The molecule has 2 atom stereocenters. The van der Waals surface area contributed by atoms with Crippen molar-refractivity contribution in [3.05, 3.63) is 0 Å². The van der Waals surface area contributed by atoms with E-state index in [9.17, 15) is 0 Å². The fourth-order valence-corrected chi connectivity index (χ4v) is 4.77. The molecule has 76 valence electrons. The summed E-state index contributed by atoms with van der Waals surface area (Å²) >= 11 is 2.23. The molecule has 0 amide bonds. The second-order valence-corrected chi connectivity index (χ2v) is 7.13. The van der Waals surface area contributed by atoms with E-state index in [-0.39, 0.29) is 0 Å². The van der Waals surface area contributed by atoms with Crippen LogP contribution in [0.5, 0.6) is 0 Å². The molecule has 1 saturated heterocycles. The van der Waals surface area contributed by atoms with Gasteiger partial charge >= 0.3 is 0 Å². The van der Waals surface area contributed by atoms with E-state index in [0.717, 1.165) is 11.3 Å². The van der Waals surface area contributed by atoms with Crippen molar-refractivity contribution in [2.75, 3.05) is 13.6 Å². The van der Waals surface area contributed by atoms with E-state index in [1.165, 1.54) is 32.2 Å². The van der Waals surface area contributed by atoms with Gasteiger partial charge in [0.15, 0.2) is 0 Å². The van der Waals surface area contributed by atoms with E-state index in [2.05, 4.69) is 37.6 Å². The average Bonchev–Trinajstić information content (AvgIpc) is 2.02. The van der Waals surface area contributed by atoms with E-state index in [1.807, 2.05) is 0 Å². The molecule has 2 heteroatoms. The first-order valence-corrected chi connectivity index (χ1v) is 6.34. The number of fused-ring (bicyclic) bond motifs is 1. The van der Waals surface area contributed by atoms with E-state index in [4.69, 9.17) is 0 Å². The lowest BCUT2D eigenvalue weighted by atomic mass is 9.93. The molecule has 1 nitrogen and oxygen atoms in total. The predicted molar refractivity (Wildman–Crippen MR) is 60.3 cm³/mol. The van der Waals surface area contributed by atoms with Crippen molar-refractivity contribution in [1.82, 2.24) is 4.90 Å². The number of rotatable bonds is 0. The minimum absolute atomic E-state index is 0.479. The van der Waals surface area contributed by atoms with Crippen molar-refractivity contribution in [3.63, 3.8) is 0 Å². The lowest BCUT2D eigenvalue weighted by Gasteiger charge is -2.48. The van der Waals surface area contributed by atoms with Crippen LogP contribution in [-0.2, 0) is 0 Å². The van der Waals surface area contributed by atoms with Crippen LogP contribution in [0.3, 0.4) is 0 Å². The van der Waals surface area contributed by atoms with Gasteiger partial charge in [0.05, 0.1) is 0 Å². The molecule has 2 fully saturated rings. The zero-order valence-electron chi connectivity index (χ0n) is 9.05. The van der Waals surface area contributed by atoms with Crippen molar-refractivity contribution >= 4 is 11.8 Å². The molecule has 0 bridgehead atoms. The quantitative estimate of drug-likeness (QED) is 0.590. The predicted octanol–water partition coefficient (Wildman–Crippen LogP) is 2.75. The van der Waals surface area contributed by atoms with Crippen LogP contribution in [0.2, 0.25) is 0 Å². The summed E-state index contributed by atoms with van der Waals surface area (Å²) < 4.78 is 0.479. The Morgan fingerprint density at radius 3 is 2.69 bits per heavy atom. The standard InChI is InChI=1S/C11H21NS/c1-11(2)8-12(3)9-6-4-5-7-10(9)13-11/h9-10H,4-8H2,1-3H3. The van der Waals surface area contributed by atoms with Crippen molar-refractivity contribution in [2.24, 2.45) is 0 Å². The highest BCUT2D eigenvalue weighted by molar-refractivity contribution is 8.01. The molecule has 13 heavy (non-hydrogen) atoms. The molecule has 1 heterocycles. The van der Waals surface area contributed by atoms with Crippen LogP contribution in [0.15, 0.2) is 0 Å². The summed E-state index contributed by atoms with van der Waals surface area (Å²) in [5.74, 6) is 0. The zero-order valence-corrected chi connectivity index (χ0v) is 9.86. The molecule has 1 aliphatic carbocycles. The van der Waals surface area contributed by atoms with Crippen LogP contribution in [0, 0.1) is 0 Å². The van der Waals surface area contributed by atoms with Crippen LogP contribution in [0.1, 0.15) is 39.5 Å². The van der Waals surface area contributed by atoms with Gasteiger partial charge in [0.2, 0.25) is 0 Å². The molecule has 1 aliphatic heterocycles. The van der Waals surface area contributed by atoms with Crippen LogP contribution in [0.25, 0.3) is 0 Å². The van der Waals surface area contributed by atoms with Gasteiger partial charge in [0, 0.05) is 22.6 Å². The molecule has 2 unspecified atom stereocenters. The Hall–Kier alpha value is 0.310. The van der Waals surface area contributed by atoms with Crippen molar-refractivity contribution in [3.8, 4) is 0 Å². The Morgan fingerprint density at radius 1 is 1.23 bits per heavy atom. The van der Waals surface area contributed by atoms with Gasteiger partial charge in [-0.15, -0.1) is 11.8 Å². The third-order valence-corrected chi connectivity index (χ3v) is 4.95. The van der Waals surface area contributed by atoms with Crippen molar-refractivity contribution < 1.29 is 0 Å². The molecular weight excluding hydrogens is 178 g/mol. The summed E-state index contributed by atoms with van der Waals surface area (Å²) in [5, 5.41) is 0.919. The highest BCUT2D eigenvalue weighted by Crippen LogP contribution is 2.43. The summed E-state index contributed by atoms with van der Waals surface area (Å²) in [5.41, 5.74) is 0. The molecule has 1 saturated carbocycles. The maximum Gasteiger partial charge on any atom is 0.0234 e. The summed E-state index contributed by atoms with van der Waals surface area (Å²) in [4.78, 5) is 2.60. The van der Waals surface area contributed by atoms with E-state index in [0.29, 0.717) is 4.75 Å². The Morgan fingerprint density at radius 2 is 1.92 bits per heavy atom. The van der Waals surface area contributed by atoms with E-state index in [1.54, 1.807) is 0 Å². The molecule has 2 rings (SSSR count). The summed E-state index contributed by atoms with van der Waals surface area (Å²) in [6, 6.07) is 0.881. The van der Waals surface area contributed by atoms with Crippen LogP contribution >= 0.6 is 11.8 Å². The molecule has 0 N–H and O–H groups in total. The molecule has 0 radical (unpaired) electrons. The minimum atomic E-state index is 0.479. The van der Waals surface area contributed by atoms with Gasteiger partial charge in [-0.3, -0.25) is 0 Å². The van der Waals surface area contributed by atoms with Gasteiger partial charge < -0.3 is 4.90 Å².